The molecule has 1 aromatic heterocycles. The molecule has 2 heterocycles. The van der Waals surface area contributed by atoms with E-state index in [1.807, 2.05) is 0 Å². The van der Waals surface area contributed by atoms with Crippen molar-refractivity contribution >= 4 is 47.7 Å². The van der Waals surface area contributed by atoms with Gasteiger partial charge < -0.3 is 18.7 Å². The fourth-order valence-corrected chi connectivity index (χ4v) is 5.77. The number of carbonyl (C=O) groups is 1. The lowest BCUT2D eigenvalue weighted by Gasteiger charge is -2.25. The Kier molecular flexibility index (Phi) is 9.35. The first-order chi connectivity index (χ1) is 16.1. The van der Waals surface area contributed by atoms with Crippen molar-refractivity contribution < 1.29 is 28.1 Å². The van der Waals surface area contributed by atoms with Crippen LogP contribution in [0, 0.1) is 0 Å². The average Bonchev–Trinajstić information content (AvgIpc) is 3.16. The Labute approximate surface area is 213 Å². The van der Waals surface area contributed by atoms with Crippen LogP contribution in [0.2, 0.25) is 5.02 Å². The molecule has 0 bridgehead atoms. The Morgan fingerprint density at radius 1 is 1.38 bits per heavy atom. The average molecular weight is 628 g/mol. The minimum Gasteiger partial charge on any atom is -0.465 e. The van der Waals surface area contributed by atoms with Gasteiger partial charge in [0.2, 0.25) is 0 Å². The fourth-order valence-electron chi connectivity index (χ4n) is 3.13. The molecule has 11 nitrogen and oxygen atoms in total. The van der Waals surface area contributed by atoms with Crippen LogP contribution in [0.5, 0.6) is 5.75 Å². The molecule has 5 atom stereocenters. The van der Waals surface area contributed by atoms with Gasteiger partial charge in [0.25, 0.3) is 5.56 Å². The van der Waals surface area contributed by atoms with E-state index in [1.165, 1.54) is 17.7 Å². The van der Waals surface area contributed by atoms with E-state index in [9.17, 15) is 18.9 Å². The summed E-state index contributed by atoms with van der Waals surface area (Å²) in [6.45, 7) is 3.35. The van der Waals surface area contributed by atoms with Crippen molar-refractivity contribution in [2.45, 2.75) is 42.8 Å². The number of halogens is 2. The topological polar surface area (TPSA) is 138 Å². The lowest BCUT2D eigenvalue weighted by Crippen LogP contribution is -2.36. The van der Waals surface area contributed by atoms with Gasteiger partial charge in [-0.25, -0.2) is 9.88 Å². The summed E-state index contributed by atoms with van der Waals surface area (Å²) in [5, 5.41) is 2.54. The lowest BCUT2D eigenvalue weighted by atomic mass is 10.3. The number of alkyl halides is 1. The summed E-state index contributed by atoms with van der Waals surface area (Å²) in [4.78, 5) is 37.9. The molecule has 0 amide bonds. The van der Waals surface area contributed by atoms with Crippen LogP contribution in [0.3, 0.4) is 0 Å². The molecule has 1 saturated heterocycles. The molecule has 1 aromatic carbocycles. The van der Waals surface area contributed by atoms with Crippen LogP contribution >= 0.6 is 41.7 Å². The maximum atomic E-state index is 13.6. The SMILES string of the molecule is CCOC(=O)[C@H](C)NP(=O)(CO[C@H]1O[C@@H](n2cc(Cl)c(=O)[nH]c2=O)C[C@@H]1I)Oc1ccccc1. The van der Waals surface area contributed by atoms with Crippen molar-refractivity contribution in [3.8, 4) is 5.75 Å². The lowest BCUT2D eigenvalue weighted by molar-refractivity contribution is -0.144. The van der Waals surface area contributed by atoms with Crippen LogP contribution in [0.4, 0.5) is 0 Å². The summed E-state index contributed by atoms with van der Waals surface area (Å²) in [5.41, 5.74) is -1.37. The summed E-state index contributed by atoms with van der Waals surface area (Å²) in [6, 6.07) is 7.54. The predicted molar refractivity (Wildman–Crippen MR) is 133 cm³/mol. The van der Waals surface area contributed by atoms with E-state index in [0.717, 1.165) is 0 Å². The Hall–Kier alpha value is -1.70. The number of H-pyrrole nitrogens is 1. The van der Waals surface area contributed by atoms with Crippen LogP contribution in [0.25, 0.3) is 0 Å². The molecule has 1 aliphatic heterocycles. The van der Waals surface area contributed by atoms with Crippen molar-refractivity contribution in [3.05, 3.63) is 62.4 Å². The number of ether oxygens (including phenoxy) is 3. The standard InChI is InChI=1S/C20H24ClIN3O8P/c1-3-30-18(27)12(2)24-34(29,33-13-7-5-4-6-8-13)11-31-19-15(22)9-16(32-19)25-10-14(21)17(26)23-20(25)28/h4-8,10,12,15-16,19H,3,9,11H2,1-2H3,(H,24,29)(H,23,26,28)/t12-,15-,16+,19-,34?/m0/s1. The summed E-state index contributed by atoms with van der Waals surface area (Å²) < 4.78 is 36.8. The molecule has 14 heteroatoms. The quantitative estimate of drug-likeness (QED) is 0.176. The normalized spacial score (nSPS) is 22.6. The van der Waals surface area contributed by atoms with Crippen molar-refractivity contribution in [1.29, 1.82) is 0 Å². The molecule has 1 unspecified atom stereocenters. The highest BCUT2D eigenvalue weighted by Gasteiger charge is 2.39. The highest BCUT2D eigenvalue weighted by Crippen LogP contribution is 2.45. The minimum atomic E-state index is -3.76. The second kappa shape index (κ2) is 11.8. The van der Waals surface area contributed by atoms with E-state index in [0.29, 0.717) is 12.2 Å². The molecule has 2 aromatic rings. The van der Waals surface area contributed by atoms with Crippen molar-refractivity contribution in [1.82, 2.24) is 14.6 Å². The summed E-state index contributed by atoms with van der Waals surface area (Å²) in [5.74, 6) is -0.263. The van der Waals surface area contributed by atoms with Gasteiger partial charge in [0.15, 0.2) is 12.6 Å². The summed E-state index contributed by atoms with van der Waals surface area (Å²) >= 11 is 7.93. The molecular weight excluding hydrogens is 604 g/mol. The van der Waals surface area contributed by atoms with Crippen molar-refractivity contribution in [3.63, 3.8) is 0 Å². The van der Waals surface area contributed by atoms with Gasteiger partial charge in [-0.2, -0.15) is 0 Å². The number of para-hydroxylation sites is 1. The zero-order chi connectivity index (χ0) is 24.9. The molecule has 0 radical (unpaired) electrons. The minimum absolute atomic E-state index is 0.157. The molecule has 186 valence electrons. The number of nitrogens with one attached hydrogen (secondary N) is 2. The molecule has 0 spiro atoms. The zero-order valence-corrected chi connectivity index (χ0v) is 22.1. The number of aromatic amines is 1. The van der Waals surface area contributed by atoms with E-state index < -0.39 is 49.6 Å². The number of esters is 1. The third-order valence-corrected chi connectivity index (χ3v) is 7.82. The molecule has 1 aliphatic rings. The number of carbonyl (C=O) groups excluding carboxylic acids is 1. The van der Waals surface area contributed by atoms with E-state index in [1.54, 1.807) is 37.3 Å². The summed E-state index contributed by atoms with van der Waals surface area (Å²) in [7, 11) is -3.76. The number of hydrogen-bond acceptors (Lipinski definition) is 8. The van der Waals surface area contributed by atoms with Gasteiger partial charge in [0.1, 0.15) is 23.0 Å². The number of benzene rings is 1. The van der Waals surface area contributed by atoms with Gasteiger partial charge in [-0.15, -0.1) is 0 Å². The number of rotatable bonds is 10. The van der Waals surface area contributed by atoms with Crippen LogP contribution in [-0.2, 0) is 23.6 Å². The van der Waals surface area contributed by atoms with Gasteiger partial charge in [0.05, 0.1) is 10.5 Å². The Bertz CT molecular complexity index is 1160. The van der Waals surface area contributed by atoms with E-state index >= 15 is 0 Å². The van der Waals surface area contributed by atoms with Gasteiger partial charge in [-0.05, 0) is 26.0 Å². The molecule has 34 heavy (non-hydrogen) atoms. The largest absolute Gasteiger partial charge is 0.465 e. The Morgan fingerprint density at radius 2 is 2.09 bits per heavy atom. The number of aromatic nitrogens is 2. The van der Waals surface area contributed by atoms with Crippen LogP contribution in [0.15, 0.2) is 46.1 Å². The van der Waals surface area contributed by atoms with Crippen molar-refractivity contribution in [2.75, 3.05) is 13.0 Å². The van der Waals surface area contributed by atoms with Gasteiger partial charge >= 0.3 is 19.2 Å². The summed E-state index contributed by atoms with van der Waals surface area (Å²) in [6.07, 6.45) is -0.468. The van der Waals surface area contributed by atoms with E-state index in [2.05, 4.69) is 32.7 Å². The first kappa shape index (κ1) is 26.9. The first-order valence-electron chi connectivity index (χ1n) is 10.3. The number of nitrogens with zero attached hydrogens (tertiary/aromatic N) is 1. The number of hydrogen-bond donors (Lipinski definition) is 2. The maximum absolute atomic E-state index is 13.6. The second-order valence-corrected chi connectivity index (χ2v) is 11.4. The first-order valence-corrected chi connectivity index (χ1v) is 13.8. The predicted octanol–water partition coefficient (Wildman–Crippen LogP) is 3.03. The highest BCUT2D eigenvalue weighted by molar-refractivity contribution is 14.1. The molecule has 0 saturated carbocycles. The Balaban J connectivity index is 1.73. The van der Waals surface area contributed by atoms with Crippen LogP contribution in [-0.4, -0.2) is 44.7 Å². The van der Waals surface area contributed by atoms with Gasteiger partial charge in [0, 0.05) is 12.6 Å². The van der Waals surface area contributed by atoms with E-state index in [-0.39, 0.29) is 15.6 Å². The fraction of sp³-hybridized carbons (Fsp3) is 0.450. The molecule has 1 fully saturated rings. The van der Waals surface area contributed by atoms with Gasteiger partial charge in [-0.3, -0.25) is 23.7 Å². The third-order valence-electron chi connectivity index (χ3n) is 4.68. The Morgan fingerprint density at radius 3 is 2.76 bits per heavy atom. The van der Waals surface area contributed by atoms with E-state index in [4.69, 9.17) is 30.3 Å². The van der Waals surface area contributed by atoms with Crippen LogP contribution in [0.1, 0.15) is 26.5 Å². The smallest absolute Gasteiger partial charge is 0.342 e. The maximum Gasteiger partial charge on any atom is 0.342 e. The second-order valence-electron chi connectivity index (χ2n) is 7.33. The zero-order valence-electron chi connectivity index (χ0n) is 18.3. The molecular formula is C20H24ClIN3O8P. The van der Waals surface area contributed by atoms with Gasteiger partial charge in [-0.1, -0.05) is 52.4 Å². The molecule has 0 aliphatic carbocycles. The molecule has 3 rings (SSSR count). The monoisotopic (exact) mass is 627 g/mol. The van der Waals surface area contributed by atoms with Crippen LogP contribution < -0.4 is 20.9 Å². The highest BCUT2D eigenvalue weighted by atomic mass is 127. The third kappa shape index (κ3) is 6.92. The van der Waals surface area contributed by atoms with Crippen molar-refractivity contribution in [2.24, 2.45) is 0 Å². The molecule has 2 N–H and O–H groups in total.